The number of halogens is 1. The van der Waals surface area contributed by atoms with Gasteiger partial charge in [-0.1, -0.05) is 27.7 Å². The molecule has 2 rings (SSSR count). The maximum atomic E-state index is 12.4. The van der Waals surface area contributed by atoms with Gasteiger partial charge in [-0.2, -0.15) is 0 Å². The summed E-state index contributed by atoms with van der Waals surface area (Å²) < 4.78 is 0. The molecule has 2 saturated heterocycles. The highest BCUT2D eigenvalue weighted by atomic mass is 35.5. The van der Waals surface area contributed by atoms with Gasteiger partial charge in [0.1, 0.15) is 0 Å². The Kier molecular flexibility index (Phi) is 5.69. The van der Waals surface area contributed by atoms with Crippen molar-refractivity contribution in [1.29, 1.82) is 0 Å². The van der Waals surface area contributed by atoms with Gasteiger partial charge in [-0.15, -0.1) is 12.4 Å². The summed E-state index contributed by atoms with van der Waals surface area (Å²) in [5, 5.41) is 6.90. The number of piperidine rings is 1. The summed E-state index contributed by atoms with van der Waals surface area (Å²) in [7, 11) is 0. The van der Waals surface area contributed by atoms with Gasteiger partial charge in [0.2, 0.25) is 5.91 Å². The average molecular weight is 289 g/mol. The molecule has 2 fully saturated rings. The van der Waals surface area contributed by atoms with Crippen LogP contribution in [0.2, 0.25) is 0 Å². The van der Waals surface area contributed by atoms with Gasteiger partial charge in [-0.05, 0) is 38.0 Å². The van der Waals surface area contributed by atoms with Crippen LogP contribution in [0.3, 0.4) is 0 Å². The molecule has 2 aliphatic heterocycles. The maximum absolute atomic E-state index is 12.4. The summed E-state index contributed by atoms with van der Waals surface area (Å²) in [5.41, 5.74) is -0.238. The second kappa shape index (κ2) is 6.45. The van der Waals surface area contributed by atoms with Crippen LogP contribution in [0.25, 0.3) is 0 Å². The van der Waals surface area contributed by atoms with Crippen molar-refractivity contribution in [1.82, 2.24) is 10.6 Å². The molecule has 2 bridgehead atoms. The normalized spacial score (nSPS) is 30.1. The van der Waals surface area contributed by atoms with E-state index >= 15 is 0 Å². The summed E-state index contributed by atoms with van der Waals surface area (Å²) >= 11 is 0. The summed E-state index contributed by atoms with van der Waals surface area (Å²) in [5.74, 6) is 0.803. The SMILES string of the molecule is CC(C)CC(C)(C)C(=O)NC1CC2CCC(C1)N2.Cl. The van der Waals surface area contributed by atoms with E-state index in [2.05, 4.69) is 38.3 Å². The number of rotatable bonds is 4. The van der Waals surface area contributed by atoms with E-state index in [4.69, 9.17) is 0 Å². The lowest BCUT2D eigenvalue weighted by molar-refractivity contribution is -0.131. The summed E-state index contributed by atoms with van der Waals surface area (Å²) in [6, 6.07) is 1.67. The number of hydrogen-bond donors (Lipinski definition) is 2. The molecule has 1 amide bonds. The van der Waals surface area contributed by atoms with E-state index in [0.29, 0.717) is 24.0 Å². The maximum Gasteiger partial charge on any atom is 0.225 e. The summed E-state index contributed by atoms with van der Waals surface area (Å²) in [6.07, 6.45) is 5.75. The number of nitrogens with one attached hydrogen (secondary N) is 2. The fourth-order valence-electron chi connectivity index (χ4n) is 3.67. The third-order valence-electron chi connectivity index (χ3n) is 4.34. The monoisotopic (exact) mass is 288 g/mol. The van der Waals surface area contributed by atoms with Gasteiger partial charge in [-0.3, -0.25) is 4.79 Å². The molecular formula is C15H29ClN2O. The Balaban J connectivity index is 0.00000180. The quantitative estimate of drug-likeness (QED) is 0.835. The first kappa shape index (κ1) is 16.8. The van der Waals surface area contributed by atoms with Crippen LogP contribution in [0, 0.1) is 11.3 Å². The van der Waals surface area contributed by atoms with Gasteiger partial charge < -0.3 is 10.6 Å². The van der Waals surface area contributed by atoms with E-state index in [1.54, 1.807) is 0 Å². The van der Waals surface area contributed by atoms with Crippen molar-refractivity contribution in [3.8, 4) is 0 Å². The Morgan fingerprint density at radius 3 is 2.26 bits per heavy atom. The lowest BCUT2D eigenvalue weighted by Gasteiger charge is -2.33. The van der Waals surface area contributed by atoms with Crippen LogP contribution >= 0.6 is 12.4 Å². The smallest absolute Gasteiger partial charge is 0.225 e. The number of hydrogen-bond acceptors (Lipinski definition) is 2. The van der Waals surface area contributed by atoms with E-state index in [9.17, 15) is 4.79 Å². The van der Waals surface area contributed by atoms with Crippen LogP contribution in [0.4, 0.5) is 0 Å². The van der Waals surface area contributed by atoms with Crippen LogP contribution in [-0.4, -0.2) is 24.0 Å². The first-order valence-corrected chi connectivity index (χ1v) is 7.44. The fourth-order valence-corrected chi connectivity index (χ4v) is 3.67. The first-order valence-electron chi connectivity index (χ1n) is 7.44. The molecule has 0 radical (unpaired) electrons. The van der Waals surface area contributed by atoms with Crippen LogP contribution in [0.1, 0.15) is 59.8 Å². The van der Waals surface area contributed by atoms with Gasteiger partial charge >= 0.3 is 0 Å². The van der Waals surface area contributed by atoms with Gasteiger partial charge in [-0.25, -0.2) is 0 Å². The zero-order chi connectivity index (χ0) is 13.3. The number of amides is 1. The molecule has 19 heavy (non-hydrogen) atoms. The summed E-state index contributed by atoms with van der Waals surface area (Å²) in [4.78, 5) is 12.4. The zero-order valence-corrected chi connectivity index (χ0v) is 13.5. The second-order valence-electron chi connectivity index (χ2n) is 7.26. The molecule has 0 saturated carbocycles. The molecule has 2 N–H and O–H groups in total. The van der Waals surface area contributed by atoms with E-state index in [1.165, 1.54) is 12.8 Å². The molecule has 2 aliphatic rings. The standard InChI is InChI=1S/C15H28N2O.ClH/c1-10(2)9-15(3,4)14(18)17-13-7-11-5-6-12(8-13)16-11;/h10-13,16H,5-9H2,1-4H3,(H,17,18);1H. The highest BCUT2D eigenvalue weighted by molar-refractivity contribution is 5.85. The first-order chi connectivity index (χ1) is 8.37. The topological polar surface area (TPSA) is 41.1 Å². The van der Waals surface area contributed by atoms with Crippen LogP contribution in [0.5, 0.6) is 0 Å². The molecule has 0 aromatic heterocycles. The third kappa shape index (κ3) is 4.35. The Hall–Kier alpha value is -0.280. The predicted molar refractivity (Wildman–Crippen MR) is 81.6 cm³/mol. The molecule has 2 unspecified atom stereocenters. The molecule has 3 nitrogen and oxygen atoms in total. The Labute approximate surface area is 123 Å². The zero-order valence-electron chi connectivity index (χ0n) is 12.7. The Morgan fingerprint density at radius 1 is 1.26 bits per heavy atom. The van der Waals surface area contributed by atoms with E-state index < -0.39 is 0 Å². The fraction of sp³-hybridized carbons (Fsp3) is 0.933. The molecule has 0 aromatic carbocycles. The highest BCUT2D eigenvalue weighted by Crippen LogP contribution is 2.29. The van der Waals surface area contributed by atoms with Crippen molar-refractivity contribution in [2.75, 3.05) is 0 Å². The van der Waals surface area contributed by atoms with Crippen LogP contribution < -0.4 is 10.6 Å². The van der Waals surface area contributed by atoms with Crippen molar-refractivity contribution < 1.29 is 4.79 Å². The van der Waals surface area contributed by atoms with Crippen molar-refractivity contribution in [3.05, 3.63) is 0 Å². The predicted octanol–water partition coefficient (Wildman–Crippen LogP) is 2.88. The highest BCUT2D eigenvalue weighted by Gasteiger charge is 2.36. The van der Waals surface area contributed by atoms with Crippen molar-refractivity contribution >= 4 is 18.3 Å². The molecule has 0 aliphatic carbocycles. The Morgan fingerprint density at radius 2 is 1.79 bits per heavy atom. The van der Waals surface area contributed by atoms with Gasteiger partial charge in [0.15, 0.2) is 0 Å². The van der Waals surface area contributed by atoms with Gasteiger partial charge in [0.25, 0.3) is 0 Å². The Bertz CT molecular complexity index is 305. The van der Waals surface area contributed by atoms with E-state index in [0.717, 1.165) is 19.3 Å². The minimum atomic E-state index is -0.238. The van der Waals surface area contributed by atoms with Crippen molar-refractivity contribution in [2.45, 2.75) is 77.9 Å². The van der Waals surface area contributed by atoms with Gasteiger partial charge in [0.05, 0.1) is 0 Å². The lowest BCUT2D eigenvalue weighted by atomic mass is 9.82. The molecule has 4 heteroatoms. The third-order valence-corrected chi connectivity index (χ3v) is 4.34. The molecule has 2 atom stereocenters. The van der Waals surface area contributed by atoms with Crippen LogP contribution in [0.15, 0.2) is 0 Å². The molecular weight excluding hydrogens is 260 g/mol. The lowest BCUT2D eigenvalue weighted by Crippen LogP contribution is -2.51. The van der Waals surface area contributed by atoms with E-state index in [-0.39, 0.29) is 23.7 Å². The van der Waals surface area contributed by atoms with Gasteiger partial charge in [0, 0.05) is 23.5 Å². The largest absolute Gasteiger partial charge is 0.353 e. The number of carbonyl (C=O) groups is 1. The minimum absolute atomic E-state index is 0. The molecule has 0 spiro atoms. The molecule has 2 heterocycles. The number of fused-ring (bicyclic) bond motifs is 2. The van der Waals surface area contributed by atoms with Crippen molar-refractivity contribution in [3.63, 3.8) is 0 Å². The molecule has 0 aromatic rings. The van der Waals surface area contributed by atoms with E-state index in [1.807, 2.05) is 0 Å². The second-order valence-corrected chi connectivity index (χ2v) is 7.26. The van der Waals surface area contributed by atoms with Crippen molar-refractivity contribution in [2.24, 2.45) is 11.3 Å². The summed E-state index contributed by atoms with van der Waals surface area (Å²) in [6.45, 7) is 8.50. The average Bonchev–Trinajstić information content (AvgIpc) is 2.56. The molecule has 112 valence electrons. The van der Waals surface area contributed by atoms with Crippen LogP contribution in [-0.2, 0) is 4.79 Å². The number of carbonyl (C=O) groups excluding carboxylic acids is 1. The minimum Gasteiger partial charge on any atom is -0.353 e.